The summed E-state index contributed by atoms with van der Waals surface area (Å²) in [4.78, 5) is 0. The number of benzene rings is 2. The fraction of sp³-hybridized carbons (Fsp3) is 0.333. The highest BCUT2D eigenvalue weighted by Crippen LogP contribution is 2.35. The highest BCUT2D eigenvalue weighted by atomic mass is 16.5. The maximum absolute atomic E-state index is 5.78. The van der Waals surface area contributed by atoms with Crippen LogP contribution in [0.1, 0.15) is 29.7 Å². The van der Waals surface area contributed by atoms with Gasteiger partial charge in [-0.3, -0.25) is 0 Å². The van der Waals surface area contributed by atoms with Gasteiger partial charge in [0.1, 0.15) is 17.6 Å². The molecule has 1 aliphatic heterocycles. The second-order valence-electron chi connectivity index (χ2n) is 5.46. The van der Waals surface area contributed by atoms with Gasteiger partial charge in [0.2, 0.25) is 0 Å². The van der Waals surface area contributed by atoms with Crippen molar-refractivity contribution in [1.82, 2.24) is 5.32 Å². The highest BCUT2D eigenvalue weighted by molar-refractivity contribution is 5.46. The van der Waals surface area contributed by atoms with E-state index in [2.05, 4.69) is 36.5 Å². The van der Waals surface area contributed by atoms with Gasteiger partial charge in [-0.25, -0.2) is 0 Å². The van der Waals surface area contributed by atoms with E-state index in [0.717, 1.165) is 23.5 Å². The van der Waals surface area contributed by atoms with Crippen LogP contribution in [0, 0.1) is 0 Å². The molecule has 21 heavy (non-hydrogen) atoms. The van der Waals surface area contributed by atoms with Crippen LogP contribution in [0.4, 0.5) is 0 Å². The molecule has 0 bridgehead atoms. The van der Waals surface area contributed by atoms with Crippen LogP contribution < -0.4 is 14.8 Å². The summed E-state index contributed by atoms with van der Waals surface area (Å²) < 4.78 is 11.3. The number of hydrogen-bond acceptors (Lipinski definition) is 3. The van der Waals surface area contributed by atoms with Crippen molar-refractivity contribution in [2.45, 2.75) is 25.5 Å². The lowest BCUT2D eigenvalue weighted by Gasteiger charge is -2.20. The Labute approximate surface area is 125 Å². The van der Waals surface area contributed by atoms with Crippen molar-refractivity contribution in [3.63, 3.8) is 0 Å². The molecule has 1 aliphatic rings. The molecule has 0 radical (unpaired) electrons. The summed E-state index contributed by atoms with van der Waals surface area (Å²) in [5.41, 5.74) is 3.67. The first-order valence-corrected chi connectivity index (χ1v) is 7.32. The number of methoxy groups -OCH3 is 1. The zero-order chi connectivity index (χ0) is 14.8. The molecule has 0 saturated carbocycles. The molecule has 2 aromatic rings. The van der Waals surface area contributed by atoms with Crippen LogP contribution in [0.25, 0.3) is 0 Å². The normalized spacial score (nSPS) is 18.0. The summed E-state index contributed by atoms with van der Waals surface area (Å²) in [6.45, 7) is 2.11. The maximum atomic E-state index is 5.78. The molecule has 110 valence electrons. The van der Waals surface area contributed by atoms with E-state index in [4.69, 9.17) is 9.47 Å². The Balaban J connectivity index is 1.99. The van der Waals surface area contributed by atoms with Gasteiger partial charge in [0, 0.05) is 12.0 Å². The quantitative estimate of drug-likeness (QED) is 0.933. The third kappa shape index (κ3) is 2.61. The fourth-order valence-corrected chi connectivity index (χ4v) is 3.03. The first-order valence-electron chi connectivity index (χ1n) is 7.32. The predicted molar refractivity (Wildman–Crippen MR) is 84.1 cm³/mol. The predicted octanol–water partition coefficient (Wildman–Crippen LogP) is 3.33. The Morgan fingerprint density at radius 2 is 2.05 bits per heavy atom. The number of para-hydroxylation sites is 1. The fourth-order valence-electron chi connectivity index (χ4n) is 3.03. The molecule has 2 aromatic carbocycles. The Morgan fingerprint density at radius 1 is 1.24 bits per heavy atom. The van der Waals surface area contributed by atoms with Crippen LogP contribution in [-0.2, 0) is 6.42 Å². The first-order chi connectivity index (χ1) is 10.2. The molecule has 3 heteroatoms. The molecule has 2 unspecified atom stereocenters. The summed E-state index contributed by atoms with van der Waals surface area (Å²) >= 11 is 0. The molecule has 0 amide bonds. The van der Waals surface area contributed by atoms with Gasteiger partial charge in [-0.1, -0.05) is 30.3 Å². The van der Waals surface area contributed by atoms with E-state index >= 15 is 0 Å². The number of fused-ring (bicyclic) bond motifs is 1. The van der Waals surface area contributed by atoms with Gasteiger partial charge >= 0.3 is 0 Å². The van der Waals surface area contributed by atoms with Crippen molar-refractivity contribution < 1.29 is 9.47 Å². The van der Waals surface area contributed by atoms with Gasteiger partial charge in [0.15, 0.2) is 0 Å². The summed E-state index contributed by atoms with van der Waals surface area (Å²) in [5.74, 6) is 1.92. The molecule has 0 aromatic heterocycles. The number of hydrogen-bond donors (Lipinski definition) is 1. The third-order valence-corrected chi connectivity index (χ3v) is 3.99. The smallest absolute Gasteiger partial charge is 0.123 e. The number of nitrogens with one attached hydrogen (secondary N) is 1. The Hall–Kier alpha value is -2.00. The maximum Gasteiger partial charge on any atom is 0.123 e. The molecule has 3 rings (SSSR count). The topological polar surface area (TPSA) is 30.5 Å². The lowest BCUT2D eigenvalue weighted by Crippen LogP contribution is -2.18. The highest BCUT2D eigenvalue weighted by Gasteiger charge is 2.22. The third-order valence-electron chi connectivity index (χ3n) is 3.99. The van der Waals surface area contributed by atoms with E-state index in [1.807, 2.05) is 25.2 Å². The van der Waals surface area contributed by atoms with Crippen molar-refractivity contribution in [2.24, 2.45) is 0 Å². The van der Waals surface area contributed by atoms with E-state index < -0.39 is 0 Å². The van der Waals surface area contributed by atoms with E-state index in [9.17, 15) is 0 Å². The van der Waals surface area contributed by atoms with Crippen LogP contribution in [0.15, 0.2) is 42.5 Å². The molecule has 0 aliphatic carbocycles. The van der Waals surface area contributed by atoms with Gasteiger partial charge in [-0.15, -0.1) is 0 Å². The minimum absolute atomic E-state index is 0.113. The molecule has 1 heterocycles. The van der Waals surface area contributed by atoms with Crippen LogP contribution in [0.2, 0.25) is 0 Å². The molecule has 0 saturated heterocycles. The standard InChI is InChI=1S/C18H21NO2/c1-12-10-14-11-13(8-9-16(14)21-12)18(19-2)15-6-4-5-7-17(15)20-3/h4-9,11-12,18-19H,10H2,1-3H3. The van der Waals surface area contributed by atoms with Crippen molar-refractivity contribution in [3.8, 4) is 11.5 Å². The molecular weight excluding hydrogens is 262 g/mol. The van der Waals surface area contributed by atoms with Crippen molar-refractivity contribution in [2.75, 3.05) is 14.2 Å². The van der Waals surface area contributed by atoms with E-state index in [0.29, 0.717) is 0 Å². The molecule has 0 fully saturated rings. The van der Waals surface area contributed by atoms with Crippen molar-refractivity contribution in [3.05, 3.63) is 59.2 Å². The van der Waals surface area contributed by atoms with Crippen LogP contribution in [0.5, 0.6) is 11.5 Å². The minimum atomic E-state index is 0.113. The van der Waals surface area contributed by atoms with Crippen LogP contribution in [0.3, 0.4) is 0 Å². The monoisotopic (exact) mass is 283 g/mol. The van der Waals surface area contributed by atoms with Crippen molar-refractivity contribution >= 4 is 0 Å². The zero-order valence-corrected chi connectivity index (χ0v) is 12.7. The van der Waals surface area contributed by atoms with E-state index in [1.165, 1.54) is 11.1 Å². The minimum Gasteiger partial charge on any atom is -0.496 e. The summed E-state index contributed by atoms with van der Waals surface area (Å²) in [6, 6.07) is 14.7. The molecule has 0 spiro atoms. The number of ether oxygens (including phenoxy) is 2. The Morgan fingerprint density at radius 3 is 2.81 bits per heavy atom. The Bertz CT molecular complexity index is 639. The molecule has 2 atom stereocenters. The summed E-state index contributed by atoms with van der Waals surface area (Å²) in [5, 5.41) is 3.39. The second kappa shape index (κ2) is 5.78. The summed E-state index contributed by atoms with van der Waals surface area (Å²) in [7, 11) is 3.69. The number of rotatable bonds is 4. The molecular formula is C18H21NO2. The van der Waals surface area contributed by atoms with Gasteiger partial charge in [-0.2, -0.15) is 0 Å². The Kier molecular flexibility index (Phi) is 3.84. The van der Waals surface area contributed by atoms with E-state index in [-0.39, 0.29) is 12.1 Å². The average Bonchev–Trinajstić information content (AvgIpc) is 2.88. The summed E-state index contributed by atoms with van der Waals surface area (Å²) in [6.07, 6.45) is 1.25. The first kappa shape index (κ1) is 14.0. The molecule has 3 nitrogen and oxygen atoms in total. The van der Waals surface area contributed by atoms with Gasteiger partial charge in [0.25, 0.3) is 0 Å². The zero-order valence-electron chi connectivity index (χ0n) is 12.7. The van der Waals surface area contributed by atoms with Crippen LogP contribution in [-0.4, -0.2) is 20.3 Å². The van der Waals surface area contributed by atoms with Crippen LogP contribution >= 0.6 is 0 Å². The van der Waals surface area contributed by atoms with Crippen molar-refractivity contribution in [1.29, 1.82) is 0 Å². The SMILES string of the molecule is CNC(c1ccc2c(c1)CC(C)O2)c1ccccc1OC. The second-order valence-corrected chi connectivity index (χ2v) is 5.46. The molecule has 1 N–H and O–H groups in total. The van der Waals surface area contributed by atoms with Gasteiger partial charge in [0.05, 0.1) is 13.2 Å². The lowest BCUT2D eigenvalue weighted by atomic mass is 9.95. The average molecular weight is 283 g/mol. The van der Waals surface area contributed by atoms with Gasteiger partial charge in [-0.05, 0) is 37.2 Å². The lowest BCUT2D eigenvalue weighted by molar-refractivity contribution is 0.254. The van der Waals surface area contributed by atoms with Gasteiger partial charge < -0.3 is 14.8 Å². The van der Waals surface area contributed by atoms with E-state index in [1.54, 1.807) is 7.11 Å². The largest absolute Gasteiger partial charge is 0.496 e.